The van der Waals surface area contributed by atoms with E-state index < -0.39 is 23.7 Å². The van der Waals surface area contributed by atoms with Crippen LogP contribution in [0.25, 0.3) is 0 Å². The first-order valence-corrected chi connectivity index (χ1v) is 3.48. The second kappa shape index (κ2) is 3.06. The van der Waals surface area contributed by atoms with Gasteiger partial charge in [0.25, 0.3) is 0 Å². The summed E-state index contributed by atoms with van der Waals surface area (Å²) in [6.45, 7) is 0.0202. The Labute approximate surface area is 63.8 Å². The largest absolute Gasteiger partial charge is 0.388 e. The number of hydrogen-bond acceptors (Lipinski definition) is 5. The number of rotatable bonds is 0. The second-order valence-corrected chi connectivity index (χ2v) is 2.78. The maximum Gasteiger partial charge on any atom is 0.129 e. The molecule has 1 unspecified atom stereocenters. The average Bonchev–Trinajstić information content (AvgIpc) is 1.93. The maximum absolute atomic E-state index is 9.01. The van der Waals surface area contributed by atoms with Gasteiger partial charge in [-0.1, -0.05) is 0 Å². The van der Waals surface area contributed by atoms with Crippen molar-refractivity contribution < 1.29 is 20.1 Å². The van der Waals surface area contributed by atoms with Gasteiger partial charge in [0.05, 0.1) is 6.61 Å². The van der Waals surface area contributed by atoms with Crippen LogP contribution < -0.4 is 0 Å². The summed E-state index contributed by atoms with van der Waals surface area (Å²) in [7, 11) is 0. The zero-order valence-corrected chi connectivity index (χ0v) is 6.11. The summed E-state index contributed by atoms with van der Waals surface area (Å²) in [5.74, 6) is 0. The first-order chi connectivity index (χ1) is 4.63. The zero-order valence-electron chi connectivity index (χ0n) is 5.21. The summed E-state index contributed by atoms with van der Waals surface area (Å²) in [6.07, 6.45) is -3.25. The maximum atomic E-state index is 9.01. The van der Waals surface area contributed by atoms with Gasteiger partial charge in [0.15, 0.2) is 0 Å². The molecule has 0 aromatic carbocycles. The minimum Gasteiger partial charge on any atom is -0.388 e. The van der Waals surface area contributed by atoms with Crippen LogP contribution in [0.15, 0.2) is 0 Å². The topological polar surface area (TPSA) is 69.9 Å². The molecular formula is C5H10O4S. The summed E-state index contributed by atoms with van der Waals surface area (Å²) < 4.78 is 4.78. The average molecular weight is 166 g/mol. The van der Waals surface area contributed by atoms with Crippen LogP contribution in [-0.4, -0.2) is 45.7 Å². The molecule has 1 heterocycles. The molecule has 4 atom stereocenters. The zero-order chi connectivity index (χ0) is 7.72. The van der Waals surface area contributed by atoms with Crippen molar-refractivity contribution in [3.63, 3.8) is 0 Å². The highest BCUT2D eigenvalue weighted by atomic mass is 32.1. The van der Waals surface area contributed by atoms with Gasteiger partial charge in [-0.05, 0) is 0 Å². The van der Waals surface area contributed by atoms with Crippen LogP contribution in [0.5, 0.6) is 0 Å². The third kappa shape index (κ3) is 1.43. The minimum atomic E-state index is -1.14. The number of aliphatic hydroxyl groups excluding tert-OH is 3. The van der Waals surface area contributed by atoms with E-state index in [4.69, 9.17) is 20.1 Å². The number of thiol groups is 1. The molecule has 4 nitrogen and oxygen atoms in total. The van der Waals surface area contributed by atoms with Crippen LogP contribution in [0.1, 0.15) is 0 Å². The molecule has 1 aliphatic rings. The lowest BCUT2D eigenvalue weighted by molar-refractivity contribution is -0.160. The van der Waals surface area contributed by atoms with Gasteiger partial charge in [0, 0.05) is 0 Å². The Kier molecular flexibility index (Phi) is 2.54. The van der Waals surface area contributed by atoms with Crippen molar-refractivity contribution in [2.45, 2.75) is 23.7 Å². The Balaban J connectivity index is 2.52. The molecule has 5 heteroatoms. The van der Waals surface area contributed by atoms with Crippen molar-refractivity contribution in [2.24, 2.45) is 0 Å². The molecule has 60 valence electrons. The van der Waals surface area contributed by atoms with Crippen LogP contribution in [0, 0.1) is 0 Å². The molecule has 0 aliphatic carbocycles. The predicted molar refractivity (Wildman–Crippen MR) is 36.7 cm³/mol. The molecule has 1 saturated heterocycles. The molecule has 0 bridgehead atoms. The van der Waals surface area contributed by atoms with Crippen molar-refractivity contribution in [1.82, 2.24) is 0 Å². The first kappa shape index (κ1) is 8.29. The molecule has 0 aromatic rings. The normalized spacial score (nSPS) is 49.2. The van der Waals surface area contributed by atoms with Crippen LogP contribution >= 0.6 is 12.6 Å². The van der Waals surface area contributed by atoms with Gasteiger partial charge in [0.2, 0.25) is 0 Å². The van der Waals surface area contributed by atoms with E-state index in [9.17, 15) is 0 Å². The van der Waals surface area contributed by atoms with Gasteiger partial charge < -0.3 is 20.1 Å². The van der Waals surface area contributed by atoms with Gasteiger partial charge in [-0.3, -0.25) is 0 Å². The first-order valence-electron chi connectivity index (χ1n) is 2.97. The Hall–Kier alpha value is 0.190. The molecule has 10 heavy (non-hydrogen) atoms. The molecule has 0 spiro atoms. The summed E-state index contributed by atoms with van der Waals surface area (Å²) in [4.78, 5) is 0. The fourth-order valence-electron chi connectivity index (χ4n) is 0.791. The molecule has 0 aromatic heterocycles. The Morgan fingerprint density at radius 2 is 1.80 bits per heavy atom. The summed E-state index contributed by atoms with van der Waals surface area (Å²) in [6, 6.07) is 0. The van der Waals surface area contributed by atoms with E-state index in [-0.39, 0.29) is 6.61 Å². The molecular weight excluding hydrogens is 156 g/mol. The molecule has 1 fully saturated rings. The van der Waals surface area contributed by atoms with Crippen LogP contribution in [-0.2, 0) is 4.74 Å². The molecule has 1 rings (SSSR count). The van der Waals surface area contributed by atoms with Crippen molar-refractivity contribution in [3.05, 3.63) is 0 Å². The number of aliphatic hydroxyl groups is 3. The lowest BCUT2D eigenvalue weighted by atomic mass is 10.1. The molecule has 0 amide bonds. The summed E-state index contributed by atoms with van der Waals surface area (Å²) in [5, 5.41) is 26.9. The van der Waals surface area contributed by atoms with Crippen LogP contribution in [0.3, 0.4) is 0 Å². The lowest BCUT2D eigenvalue weighted by Gasteiger charge is -2.32. The van der Waals surface area contributed by atoms with E-state index >= 15 is 0 Å². The molecule has 3 N–H and O–H groups in total. The van der Waals surface area contributed by atoms with Crippen molar-refractivity contribution in [2.75, 3.05) is 6.61 Å². The van der Waals surface area contributed by atoms with Gasteiger partial charge in [-0.15, -0.1) is 12.6 Å². The Morgan fingerprint density at radius 1 is 1.20 bits per heavy atom. The minimum absolute atomic E-state index is 0.0202. The highest BCUT2D eigenvalue weighted by Crippen LogP contribution is 2.17. The van der Waals surface area contributed by atoms with E-state index in [2.05, 4.69) is 12.6 Å². The van der Waals surface area contributed by atoms with Gasteiger partial charge in [0.1, 0.15) is 23.7 Å². The lowest BCUT2D eigenvalue weighted by Crippen LogP contribution is -2.50. The quantitative estimate of drug-likeness (QED) is 0.326. The van der Waals surface area contributed by atoms with E-state index in [1.165, 1.54) is 0 Å². The van der Waals surface area contributed by atoms with E-state index in [0.717, 1.165) is 0 Å². The SMILES string of the molecule is OC1[C@H](S)OC[C@@H](O)[C@@H]1O. The summed E-state index contributed by atoms with van der Waals surface area (Å²) in [5.41, 5.74) is -0.696. The van der Waals surface area contributed by atoms with Crippen LogP contribution in [0.4, 0.5) is 0 Å². The van der Waals surface area contributed by atoms with Crippen molar-refractivity contribution >= 4 is 12.6 Å². The highest BCUT2D eigenvalue weighted by Gasteiger charge is 2.35. The highest BCUT2D eigenvalue weighted by molar-refractivity contribution is 7.80. The van der Waals surface area contributed by atoms with Gasteiger partial charge >= 0.3 is 0 Å². The van der Waals surface area contributed by atoms with Crippen molar-refractivity contribution in [1.29, 1.82) is 0 Å². The van der Waals surface area contributed by atoms with E-state index in [1.54, 1.807) is 0 Å². The predicted octanol–water partition coefficient (Wildman–Crippen LogP) is -1.64. The third-order valence-electron chi connectivity index (χ3n) is 1.47. The smallest absolute Gasteiger partial charge is 0.129 e. The van der Waals surface area contributed by atoms with Gasteiger partial charge in [-0.2, -0.15) is 0 Å². The van der Waals surface area contributed by atoms with E-state index in [0.29, 0.717) is 0 Å². The fourth-order valence-corrected chi connectivity index (χ4v) is 1.05. The Morgan fingerprint density at radius 3 is 2.30 bits per heavy atom. The standard InChI is InChI=1S/C5H10O4S/c6-2-1-9-5(10)4(8)3(2)7/h2-8,10H,1H2/t2-,3+,4?,5+/m1/s1. The second-order valence-electron chi connectivity index (χ2n) is 2.27. The van der Waals surface area contributed by atoms with Crippen LogP contribution in [0.2, 0.25) is 0 Å². The Bertz CT molecular complexity index is 106. The third-order valence-corrected chi connectivity index (χ3v) is 1.93. The van der Waals surface area contributed by atoms with Gasteiger partial charge in [-0.25, -0.2) is 0 Å². The molecule has 1 aliphatic heterocycles. The summed E-state index contributed by atoms with van der Waals surface area (Å²) >= 11 is 3.81. The fraction of sp³-hybridized carbons (Fsp3) is 1.00. The molecule has 0 radical (unpaired) electrons. The molecule has 0 saturated carbocycles. The monoisotopic (exact) mass is 166 g/mol. The number of hydrogen-bond donors (Lipinski definition) is 4. The van der Waals surface area contributed by atoms with Crippen molar-refractivity contribution in [3.8, 4) is 0 Å². The number of ether oxygens (including phenoxy) is 1. The van der Waals surface area contributed by atoms with E-state index in [1.807, 2.05) is 0 Å².